The number of alkyl halides is 3. The Balaban J connectivity index is 2.53. The normalized spacial score (nSPS) is 14.0. The van der Waals surface area contributed by atoms with Crippen LogP contribution in [-0.4, -0.2) is 21.4 Å². The van der Waals surface area contributed by atoms with Gasteiger partial charge in [-0.05, 0) is 43.5 Å². The molecule has 0 saturated heterocycles. The Morgan fingerprint density at radius 1 is 1.11 bits per heavy atom. The highest BCUT2D eigenvalue weighted by molar-refractivity contribution is 6.09. The van der Waals surface area contributed by atoms with Crippen molar-refractivity contribution < 1.29 is 27.9 Å². The number of carbonyl (C=O) groups is 2. The number of aryl methyl sites for hydroxylation is 1. The molecule has 0 aliphatic carbocycles. The Hall–Kier alpha value is -2.57. The van der Waals surface area contributed by atoms with Crippen molar-refractivity contribution in [2.75, 3.05) is 0 Å². The lowest BCUT2D eigenvalue weighted by Crippen LogP contribution is -2.37. The second-order valence-corrected chi connectivity index (χ2v) is 7.02. The van der Waals surface area contributed by atoms with E-state index in [-0.39, 0.29) is 11.3 Å². The van der Waals surface area contributed by atoms with E-state index in [0.717, 1.165) is 24.3 Å². The second kappa shape index (κ2) is 7.81. The zero-order valence-electron chi connectivity index (χ0n) is 16.4. The number of hydrogen-bond donors (Lipinski definition) is 1. The lowest BCUT2D eigenvalue weighted by atomic mass is 9.77. The maximum Gasteiger partial charge on any atom is 0.416 e. The highest BCUT2D eigenvalue weighted by Gasteiger charge is 2.41. The molecule has 1 N–H and O–H groups in total. The summed E-state index contributed by atoms with van der Waals surface area (Å²) in [6.07, 6.45) is -3.03. The maximum absolute atomic E-state index is 13.0. The summed E-state index contributed by atoms with van der Waals surface area (Å²) < 4.78 is 39.8. The van der Waals surface area contributed by atoms with Gasteiger partial charge in [0.1, 0.15) is 5.41 Å². The highest BCUT2D eigenvalue weighted by atomic mass is 19.4. The van der Waals surface area contributed by atoms with E-state index in [4.69, 9.17) is 0 Å². The minimum Gasteiger partial charge on any atom is -0.481 e. The maximum atomic E-state index is 13.0. The topological polar surface area (TPSA) is 59.3 Å². The van der Waals surface area contributed by atoms with Crippen LogP contribution in [-0.2, 0) is 23.4 Å². The van der Waals surface area contributed by atoms with Crippen LogP contribution < -0.4 is 0 Å². The molecule has 4 nitrogen and oxygen atoms in total. The summed E-state index contributed by atoms with van der Waals surface area (Å²) in [6.45, 7) is 5.40. The number of aromatic nitrogens is 1. The molecule has 0 aliphatic rings. The quantitative estimate of drug-likeness (QED) is 0.663. The molecule has 152 valence electrons. The molecule has 1 heterocycles. The zero-order chi connectivity index (χ0) is 21.3. The monoisotopic (exact) mass is 395 g/mol. The van der Waals surface area contributed by atoms with E-state index in [2.05, 4.69) is 0 Å². The highest BCUT2D eigenvalue weighted by Crippen LogP contribution is 2.36. The molecule has 2 rings (SSSR count). The largest absolute Gasteiger partial charge is 0.481 e. The first-order valence-corrected chi connectivity index (χ1v) is 9.11. The smallest absolute Gasteiger partial charge is 0.416 e. The molecule has 0 aliphatic heterocycles. The van der Waals surface area contributed by atoms with Gasteiger partial charge in [0.25, 0.3) is 0 Å². The van der Waals surface area contributed by atoms with Gasteiger partial charge in [-0.25, -0.2) is 0 Å². The minimum atomic E-state index is -4.47. The number of carbonyl (C=O) groups excluding carboxylic acids is 1. The molecule has 0 amide bonds. The molecule has 0 saturated carbocycles. The molecule has 1 atom stereocenters. The van der Waals surface area contributed by atoms with Gasteiger partial charge in [0, 0.05) is 18.3 Å². The predicted molar refractivity (Wildman–Crippen MR) is 99.5 cm³/mol. The third-order valence-electron chi connectivity index (χ3n) is 5.29. The second-order valence-electron chi connectivity index (χ2n) is 7.02. The number of aliphatic carboxylic acids is 1. The van der Waals surface area contributed by atoms with Gasteiger partial charge < -0.3 is 9.67 Å². The number of ketones is 1. The van der Waals surface area contributed by atoms with Crippen molar-refractivity contribution >= 4 is 11.8 Å². The summed E-state index contributed by atoms with van der Waals surface area (Å²) in [7, 11) is 1.63. The van der Waals surface area contributed by atoms with E-state index >= 15 is 0 Å². The van der Waals surface area contributed by atoms with Gasteiger partial charge in [-0.2, -0.15) is 13.2 Å². The Morgan fingerprint density at radius 3 is 2.11 bits per heavy atom. The fraction of sp³-hybridized carbons (Fsp3) is 0.429. The Labute approximate surface area is 162 Å². The van der Waals surface area contributed by atoms with E-state index < -0.39 is 28.9 Å². The number of hydrogen-bond acceptors (Lipinski definition) is 2. The number of carboxylic acids is 1. The van der Waals surface area contributed by atoms with Gasteiger partial charge in [-0.3, -0.25) is 9.59 Å². The van der Waals surface area contributed by atoms with Crippen molar-refractivity contribution in [2.45, 2.75) is 51.6 Å². The van der Waals surface area contributed by atoms with E-state index in [1.165, 1.54) is 0 Å². The molecule has 1 unspecified atom stereocenters. The number of halogens is 3. The summed E-state index contributed by atoms with van der Waals surface area (Å²) in [5.74, 6) is -1.39. The Bertz CT molecular complexity index is 882. The third kappa shape index (κ3) is 3.70. The van der Waals surface area contributed by atoms with Gasteiger partial charge >= 0.3 is 12.1 Å². The van der Waals surface area contributed by atoms with Crippen molar-refractivity contribution in [3.63, 3.8) is 0 Å². The Morgan fingerprint density at radius 2 is 1.68 bits per heavy atom. The van der Waals surface area contributed by atoms with Crippen LogP contribution in [0.3, 0.4) is 0 Å². The predicted octanol–water partition coefficient (Wildman–Crippen LogP) is 5.12. The van der Waals surface area contributed by atoms with Crippen molar-refractivity contribution in [1.29, 1.82) is 0 Å². The number of benzene rings is 1. The minimum absolute atomic E-state index is 0.122. The molecule has 0 bridgehead atoms. The van der Waals surface area contributed by atoms with Gasteiger partial charge in [-0.15, -0.1) is 0 Å². The summed E-state index contributed by atoms with van der Waals surface area (Å²) in [5, 5.41) is 9.89. The molecule has 1 aromatic heterocycles. The van der Waals surface area contributed by atoms with Crippen LogP contribution in [0.25, 0.3) is 0 Å². The van der Waals surface area contributed by atoms with Crippen molar-refractivity contribution in [3.05, 3.63) is 58.4 Å². The summed E-state index contributed by atoms with van der Waals surface area (Å²) in [4.78, 5) is 25.0. The van der Waals surface area contributed by atoms with Crippen LogP contribution in [0.15, 0.2) is 30.3 Å². The van der Waals surface area contributed by atoms with Crippen LogP contribution >= 0.6 is 0 Å². The summed E-state index contributed by atoms with van der Waals surface area (Å²) in [6, 6.07) is 5.74. The molecule has 1 aromatic carbocycles. The van der Waals surface area contributed by atoms with Crippen LogP contribution in [0.1, 0.15) is 66.0 Å². The third-order valence-corrected chi connectivity index (χ3v) is 5.29. The molecule has 0 radical (unpaired) electrons. The molecular formula is C21H24F3NO3. The van der Waals surface area contributed by atoms with Gasteiger partial charge in [0.2, 0.25) is 5.78 Å². The number of carboxylic acid groups (broad SMARTS) is 1. The van der Waals surface area contributed by atoms with E-state index in [9.17, 15) is 27.9 Å². The van der Waals surface area contributed by atoms with Crippen molar-refractivity contribution in [3.8, 4) is 0 Å². The van der Waals surface area contributed by atoms with Gasteiger partial charge in [0.15, 0.2) is 0 Å². The SMILES string of the molecule is CCCC(CC)(C(=O)O)c1cc(C)c(C(=O)c2ccc(C(F)(F)F)cc2)n1C. The lowest BCUT2D eigenvalue weighted by molar-refractivity contribution is -0.144. The first kappa shape index (κ1) is 21.7. The number of nitrogens with zero attached hydrogens (tertiary/aromatic N) is 1. The van der Waals surface area contributed by atoms with Crippen LogP contribution in [0.5, 0.6) is 0 Å². The standard InChI is InChI=1S/C21H24F3NO3/c1-5-11-20(6-2,19(27)28)16-12-13(3)17(25(16)4)18(26)14-7-9-15(10-8-14)21(22,23)24/h7-10,12H,5-6,11H2,1-4H3,(H,27,28). The fourth-order valence-corrected chi connectivity index (χ4v) is 3.77. The van der Waals surface area contributed by atoms with Crippen LogP contribution in [0.4, 0.5) is 13.2 Å². The van der Waals surface area contributed by atoms with E-state index in [0.29, 0.717) is 30.5 Å². The lowest BCUT2D eigenvalue weighted by Gasteiger charge is -2.29. The molecule has 2 aromatic rings. The average molecular weight is 395 g/mol. The molecule has 0 fully saturated rings. The molecule has 28 heavy (non-hydrogen) atoms. The summed E-state index contributed by atoms with van der Waals surface area (Å²) >= 11 is 0. The van der Waals surface area contributed by atoms with E-state index in [1.807, 2.05) is 6.92 Å². The van der Waals surface area contributed by atoms with Gasteiger partial charge in [0.05, 0.1) is 11.3 Å². The van der Waals surface area contributed by atoms with Gasteiger partial charge in [-0.1, -0.05) is 32.4 Å². The number of rotatable bonds is 7. The van der Waals surface area contributed by atoms with E-state index in [1.54, 1.807) is 31.5 Å². The zero-order valence-corrected chi connectivity index (χ0v) is 16.4. The average Bonchev–Trinajstić information content (AvgIpc) is 2.93. The van der Waals surface area contributed by atoms with Crippen molar-refractivity contribution in [1.82, 2.24) is 4.57 Å². The fourth-order valence-electron chi connectivity index (χ4n) is 3.77. The first-order valence-electron chi connectivity index (χ1n) is 9.11. The molecular weight excluding hydrogens is 371 g/mol. The van der Waals surface area contributed by atoms with Crippen molar-refractivity contribution in [2.24, 2.45) is 7.05 Å². The van der Waals surface area contributed by atoms with Crippen LogP contribution in [0, 0.1) is 6.92 Å². The Kier molecular flexibility index (Phi) is 6.06. The first-order chi connectivity index (χ1) is 13.0. The molecule has 0 spiro atoms. The summed E-state index contributed by atoms with van der Waals surface area (Å²) in [5.41, 5.74) is -0.420. The van der Waals surface area contributed by atoms with Crippen LogP contribution in [0.2, 0.25) is 0 Å². The molecule has 7 heteroatoms.